The number of thioether (sulfide) groups is 1. The number of hydrogen-bond donors (Lipinski definition) is 0. The molecule has 0 N–H and O–H groups in total. The van der Waals surface area contributed by atoms with E-state index in [2.05, 4.69) is 15.9 Å². The Morgan fingerprint density at radius 3 is 2.30 bits per heavy atom. The van der Waals surface area contributed by atoms with Crippen molar-refractivity contribution in [2.45, 2.75) is 13.5 Å². The maximum atomic E-state index is 12.9. The molecule has 0 saturated carbocycles. The summed E-state index contributed by atoms with van der Waals surface area (Å²) >= 11 is 16.3. The van der Waals surface area contributed by atoms with Gasteiger partial charge in [0.25, 0.3) is 11.1 Å². The maximum Gasteiger partial charge on any atom is 0.293 e. The van der Waals surface area contributed by atoms with Crippen LogP contribution in [0.3, 0.4) is 0 Å². The molecule has 0 unspecified atom stereocenters. The summed E-state index contributed by atoms with van der Waals surface area (Å²) in [6.45, 7) is 2.94. The van der Waals surface area contributed by atoms with Gasteiger partial charge in [-0.25, -0.2) is 0 Å². The van der Waals surface area contributed by atoms with Gasteiger partial charge in [-0.15, -0.1) is 0 Å². The van der Waals surface area contributed by atoms with Gasteiger partial charge in [0.1, 0.15) is 19.0 Å². The number of imide groups is 1. The van der Waals surface area contributed by atoms with Crippen LogP contribution < -0.4 is 14.2 Å². The monoisotopic (exact) mass is 621 g/mol. The van der Waals surface area contributed by atoms with E-state index >= 15 is 0 Å². The van der Waals surface area contributed by atoms with Crippen molar-refractivity contribution in [3.05, 3.63) is 91.2 Å². The third-order valence-electron chi connectivity index (χ3n) is 5.20. The van der Waals surface area contributed by atoms with E-state index in [-0.39, 0.29) is 24.3 Å². The Bertz CT molecular complexity index is 1320. The molecule has 4 rings (SSSR count). The SMILES string of the molecule is CCOc1cc(/C=C2\SC(=O)N(CCOc3ccc(Cl)cc3)C2=O)cc(Br)c1OCc1ccc(Cl)cc1. The Hall–Kier alpha value is -2.65. The van der Waals surface area contributed by atoms with Crippen molar-refractivity contribution in [2.75, 3.05) is 19.8 Å². The molecule has 1 heterocycles. The molecule has 0 radical (unpaired) electrons. The second-order valence-corrected chi connectivity index (χ2v) is 10.5. The van der Waals surface area contributed by atoms with Gasteiger partial charge in [0.05, 0.1) is 22.5 Å². The molecule has 6 nitrogen and oxygen atoms in total. The highest BCUT2D eigenvalue weighted by molar-refractivity contribution is 9.10. The van der Waals surface area contributed by atoms with E-state index in [1.165, 1.54) is 4.90 Å². The molecule has 37 heavy (non-hydrogen) atoms. The molecule has 3 aromatic rings. The topological polar surface area (TPSA) is 65.1 Å². The zero-order valence-electron chi connectivity index (χ0n) is 19.7. The predicted molar refractivity (Wildman–Crippen MR) is 151 cm³/mol. The zero-order chi connectivity index (χ0) is 26.4. The molecule has 1 saturated heterocycles. The molecule has 2 amide bonds. The largest absolute Gasteiger partial charge is 0.492 e. The van der Waals surface area contributed by atoms with Crippen molar-refractivity contribution in [3.63, 3.8) is 0 Å². The van der Waals surface area contributed by atoms with Crippen LogP contribution in [-0.2, 0) is 11.4 Å². The Labute approximate surface area is 237 Å². The first-order valence-corrected chi connectivity index (χ1v) is 13.7. The van der Waals surface area contributed by atoms with Gasteiger partial charge in [-0.1, -0.05) is 35.3 Å². The molecule has 0 aliphatic carbocycles. The molecule has 1 aliphatic heterocycles. The van der Waals surface area contributed by atoms with Crippen molar-refractivity contribution in [2.24, 2.45) is 0 Å². The average Bonchev–Trinajstić information content (AvgIpc) is 3.13. The molecular formula is C27H22BrCl2NO5S. The molecule has 1 aliphatic rings. The minimum absolute atomic E-state index is 0.135. The smallest absolute Gasteiger partial charge is 0.293 e. The summed E-state index contributed by atoms with van der Waals surface area (Å²) in [5, 5.41) is 0.912. The van der Waals surface area contributed by atoms with E-state index in [1.807, 2.05) is 25.1 Å². The summed E-state index contributed by atoms with van der Waals surface area (Å²) in [4.78, 5) is 26.9. The second kappa shape index (κ2) is 12.7. The lowest BCUT2D eigenvalue weighted by Gasteiger charge is -2.15. The van der Waals surface area contributed by atoms with Crippen LogP contribution in [0, 0.1) is 0 Å². The summed E-state index contributed by atoms with van der Waals surface area (Å²) in [5.74, 6) is 1.31. The first-order chi connectivity index (χ1) is 17.8. The molecule has 3 aromatic carbocycles. The summed E-state index contributed by atoms with van der Waals surface area (Å²) in [5.41, 5.74) is 1.65. The van der Waals surface area contributed by atoms with E-state index in [0.29, 0.717) is 55.4 Å². The van der Waals surface area contributed by atoms with Crippen molar-refractivity contribution in [3.8, 4) is 17.2 Å². The van der Waals surface area contributed by atoms with Gasteiger partial charge in [0.15, 0.2) is 11.5 Å². The molecule has 0 bridgehead atoms. The number of benzene rings is 3. The van der Waals surface area contributed by atoms with Gasteiger partial charge < -0.3 is 14.2 Å². The molecule has 0 spiro atoms. The fourth-order valence-corrected chi connectivity index (χ4v) is 5.13. The van der Waals surface area contributed by atoms with Crippen LogP contribution in [0.1, 0.15) is 18.1 Å². The van der Waals surface area contributed by atoms with Gasteiger partial charge in [0, 0.05) is 10.0 Å². The van der Waals surface area contributed by atoms with Gasteiger partial charge in [-0.2, -0.15) is 0 Å². The minimum atomic E-state index is -0.369. The summed E-state index contributed by atoms with van der Waals surface area (Å²) in [6, 6.07) is 17.9. The van der Waals surface area contributed by atoms with E-state index in [4.69, 9.17) is 37.4 Å². The predicted octanol–water partition coefficient (Wildman–Crippen LogP) is 7.85. The number of carbonyl (C=O) groups excluding carboxylic acids is 2. The Morgan fingerprint density at radius 2 is 1.62 bits per heavy atom. The molecule has 0 aromatic heterocycles. The van der Waals surface area contributed by atoms with Crippen LogP contribution in [0.5, 0.6) is 17.2 Å². The van der Waals surface area contributed by atoms with Gasteiger partial charge in [-0.3, -0.25) is 14.5 Å². The molecule has 192 valence electrons. The van der Waals surface area contributed by atoms with E-state index in [0.717, 1.165) is 17.3 Å². The van der Waals surface area contributed by atoms with Crippen molar-refractivity contribution in [1.29, 1.82) is 0 Å². The van der Waals surface area contributed by atoms with Crippen molar-refractivity contribution < 1.29 is 23.8 Å². The number of amides is 2. The number of ether oxygens (including phenoxy) is 3. The van der Waals surface area contributed by atoms with Crippen LogP contribution in [-0.4, -0.2) is 35.8 Å². The van der Waals surface area contributed by atoms with Crippen molar-refractivity contribution >= 4 is 68.1 Å². The highest BCUT2D eigenvalue weighted by Gasteiger charge is 2.35. The lowest BCUT2D eigenvalue weighted by atomic mass is 10.1. The van der Waals surface area contributed by atoms with Gasteiger partial charge >= 0.3 is 0 Å². The third kappa shape index (κ3) is 7.23. The summed E-state index contributed by atoms with van der Waals surface area (Å²) < 4.78 is 18.1. The molecular weight excluding hydrogens is 601 g/mol. The van der Waals surface area contributed by atoms with Gasteiger partial charge in [-0.05, 0) is 100 Å². The number of carbonyl (C=O) groups is 2. The number of rotatable bonds is 10. The molecule has 10 heteroatoms. The summed E-state index contributed by atoms with van der Waals surface area (Å²) in [6.07, 6.45) is 1.67. The van der Waals surface area contributed by atoms with Crippen LogP contribution in [0.4, 0.5) is 4.79 Å². The quantitative estimate of drug-likeness (QED) is 0.215. The van der Waals surface area contributed by atoms with E-state index in [9.17, 15) is 9.59 Å². The summed E-state index contributed by atoms with van der Waals surface area (Å²) in [7, 11) is 0. The first kappa shape index (κ1) is 27.4. The highest BCUT2D eigenvalue weighted by atomic mass is 79.9. The lowest BCUT2D eigenvalue weighted by molar-refractivity contribution is -0.123. The standard InChI is InChI=1S/C27H22BrCl2NO5S/c1-2-34-23-14-18(13-22(28)25(23)36-16-17-3-5-19(29)6-4-17)15-24-26(32)31(27(33)37-24)11-12-35-21-9-7-20(30)8-10-21/h3-10,13-15H,2,11-12,16H2,1H3/b24-15-. The minimum Gasteiger partial charge on any atom is -0.492 e. The molecule has 1 fully saturated rings. The second-order valence-electron chi connectivity index (χ2n) is 7.81. The maximum absolute atomic E-state index is 12.9. The highest BCUT2D eigenvalue weighted by Crippen LogP contribution is 2.39. The van der Waals surface area contributed by atoms with Gasteiger partial charge in [0.2, 0.25) is 0 Å². The average molecular weight is 623 g/mol. The number of halogens is 3. The fraction of sp³-hybridized carbons (Fsp3) is 0.185. The third-order valence-corrected chi connectivity index (χ3v) is 7.20. The lowest BCUT2D eigenvalue weighted by Crippen LogP contribution is -2.32. The molecule has 0 atom stereocenters. The van der Waals surface area contributed by atoms with Crippen LogP contribution in [0.25, 0.3) is 6.08 Å². The number of nitrogens with zero attached hydrogens (tertiary/aromatic N) is 1. The zero-order valence-corrected chi connectivity index (χ0v) is 23.6. The normalized spacial score (nSPS) is 14.4. The van der Waals surface area contributed by atoms with Crippen LogP contribution in [0.15, 0.2) is 70.0 Å². The van der Waals surface area contributed by atoms with E-state index in [1.54, 1.807) is 48.5 Å². The Kier molecular flexibility index (Phi) is 9.43. The van der Waals surface area contributed by atoms with Crippen LogP contribution >= 0.6 is 50.9 Å². The first-order valence-electron chi connectivity index (χ1n) is 11.3. The van der Waals surface area contributed by atoms with Crippen LogP contribution in [0.2, 0.25) is 10.0 Å². The van der Waals surface area contributed by atoms with Crippen molar-refractivity contribution in [1.82, 2.24) is 4.90 Å². The Balaban J connectivity index is 1.45. The fourth-order valence-electron chi connectivity index (χ4n) is 3.44. The van der Waals surface area contributed by atoms with E-state index < -0.39 is 0 Å². The number of hydrogen-bond acceptors (Lipinski definition) is 6. The Morgan fingerprint density at radius 1 is 0.946 bits per heavy atom.